The van der Waals surface area contributed by atoms with Gasteiger partial charge in [0, 0.05) is 11.1 Å². The number of aliphatic imine (C=N–C) groups is 1. The van der Waals surface area contributed by atoms with Crippen molar-refractivity contribution < 1.29 is 9.59 Å². The molecule has 28 heavy (non-hydrogen) atoms. The Morgan fingerprint density at radius 2 is 1.39 bits per heavy atom. The quantitative estimate of drug-likeness (QED) is 0.532. The largest absolute Gasteiger partial charge is 0.383 e. The van der Waals surface area contributed by atoms with Crippen molar-refractivity contribution in [2.75, 3.05) is 0 Å². The number of aryl methyl sites for hydroxylation is 1. The molecule has 5 heteroatoms. The maximum absolute atomic E-state index is 12.9. The SMILES string of the molecule is Cc1ccc(C(=O)NC(C(=O)N=C(N)c2ccccc2)c2ccccc2)cc1. The second-order valence-electron chi connectivity index (χ2n) is 6.38. The van der Waals surface area contributed by atoms with Gasteiger partial charge in [0.1, 0.15) is 11.9 Å². The Labute approximate surface area is 163 Å². The van der Waals surface area contributed by atoms with Gasteiger partial charge in [-0.1, -0.05) is 78.4 Å². The van der Waals surface area contributed by atoms with Crippen LogP contribution < -0.4 is 11.1 Å². The number of nitrogens with zero attached hydrogens (tertiary/aromatic N) is 1. The molecule has 3 N–H and O–H groups in total. The second kappa shape index (κ2) is 8.77. The highest BCUT2D eigenvalue weighted by Gasteiger charge is 2.23. The van der Waals surface area contributed by atoms with E-state index in [2.05, 4.69) is 10.3 Å². The third-order valence-corrected chi connectivity index (χ3v) is 4.27. The van der Waals surface area contributed by atoms with Gasteiger partial charge in [0.15, 0.2) is 0 Å². The molecular formula is C23H21N3O2. The van der Waals surface area contributed by atoms with E-state index in [1.807, 2.05) is 43.3 Å². The molecular weight excluding hydrogens is 350 g/mol. The van der Waals surface area contributed by atoms with Crippen LogP contribution in [-0.4, -0.2) is 17.6 Å². The van der Waals surface area contributed by atoms with Crippen molar-refractivity contribution in [1.82, 2.24) is 5.32 Å². The summed E-state index contributed by atoms with van der Waals surface area (Å²) in [5.41, 5.74) is 8.79. The number of benzene rings is 3. The Morgan fingerprint density at radius 1 is 0.821 bits per heavy atom. The monoisotopic (exact) mass is 371 g/mol. The first-order valence-corrected chi connectivity index (χ1v) is 8.90. The normalized spacial score (nSPS) is 12.2. The molecule has 0 aliphatic carbocycles. The van der Waals surface area contributed by atoms with E-state index in [0.717, 1.165) is 5.56 Å². The summed E-state index contributed by atoms with van der Waals surface area (Å²) < 4.78 is 0. The van der Waals surface area contributed by atoms with E-state index in [0.29, 0.717) is 16.7 Å². The smallest absolute Gasteiger partial charge is 0.274 e. The summed E-state index contributed by atoms with van der Waals surface area (Å²) in [5, 5.41) is 2.77. The Kier molecular flexibility index (Phi) is 5.97. The molecule has 1 atom stereocenters. The van der Waals surface area contributed by atoms with Crippen molar-refractivity contribution in [1.29, 1.82) is 0 Å². The molecule has 2 amide bonds. The van der Waals surface area contributed by atoms with Crippen LogP contribution in [0.5, 0.6) is 0 Å². The zero-order valence-electron chi connectivity index (χ0n) is 15.5. The van der Waals surface area contributed by atoms with Gasteiger partial charge >= 0.3 is 0 Å². The number of nitrogens with one attached hydrogen (secondary N) is 1. The molecule has 3 rings (SSSR count). The van der Waals surface area contributed by atoms with Gasteiger partial charge in [-0.2, -0.15) is 4.99 Å². The average Bonchev–Trinajstić information content (AvgIpc) is 2.73. The standard InChI is InChI=1S/C23H21N3O2/c1-16-12-14-19(15-13-16)22(27)25-20(17-8-4-2-5-9-17)23(28)26-21(24)18-10-6-3-7-11-18/h2-15,20H,1H3,(H,25,27)(H2,24,26,28). The van der Waals surface area contributed by atoms with Crippen LogP contribution in [0.2, 0.25) is 0 Å². The number of carbonyl (C=O) groups is 2. The van der Waals surface area contributed by atoms with E-state index in [-0.39, 0.29) is 11.7 Å². The third kappa shape index (κ3) is 4.71. The highest BCUT2D eigenvalue weighted by atomic mass is 16.2. The van der Waals surface area contributed by atoms with Crippen molar-refractivity contribution >= 4 is 17.6 Å². The van der Waals surface area contributed by atoms with E-state index in [4.69, 9.17) is 5.73 Å². The first kappa shape index (κ1) is 19.0. The Bertz CT molecular complexity index is 981. The number of carbonyl (C=O) groups excluding carboxylic acids is 2. The summed E-state index contributed by atoms with van der Waals surface area (Å²) in [6.45, 7) is 1.94. The lowest BCUT2D eigenvalue weighted by molar-refractivity contribution is -0.119. The molecule has 0 heterocycles. The predicted octanol–water partition coefficient (Wildman–Crippen LogP) is 3.40. The third-order valence-electron chi connectivity index (χ3n) is 4.27. The van der Waals surface area contributed by atoms with Gasteiger partial charge in [-0.05, 0) is 24.6 Å². The van der Waals surface area contributed by atoms with Gasteiger partial charge in [0.2, 0.25) is 0 Å². The van der Waals surface area contributed by atoms with Crippen LogP contribution in [0.4, 0.5) is 0 Å². The molecule has 0 aliphatic rings. The molecule has 0 aromatic heterocycles. The van der Waals surface area contributed by atoms with Gasteiger partial charge in [-0.3, -0.25) is 9.59 Å². The Balaban J connectivity index is 1.88. The van der Waals surface area contributed by atoms with Crippen LogP contribution in [0, 0.1) is 6.92 Å². The van der Waals surface area contributed by atoms with E-state index in [1.54, 1.807) is 48.5 Å². The molecule has 0 spiro atoms. The molecule has 5 nitrogen and oxygen atoms in total. The number of amides is 2. The van der Waals surface area contributed by atoms with Crippen LogP contribution in [0.15, 0.2) is 89.9 Å². The molecule has 3 aromatic rings. The summed E-state index contributed by atoms with van der Waals surface area (Å²) in [7, 11) is 0. The van der Waals surface area contributed by atoms with Crippen LogP contribution in [0.1, 0.15) is 33.1 Å². The zero-order valence-corrected chi connectivity index (χ0v) is 15.5. The summed E-state index contributed by atoms with van der Waals surface area (Å²) in [6, 6.07) is 24.2. The molecule has 0 radical (unpaired) electrons. The number of nitrogens with two attached hydrogens (primary N) is 1. The van der Waals surface area contributed by atoms with Crippen LogP contribution >= 0.6 is 0 Å². The van der Waals surface area contributed by atoms with Crippen LogP contribution in [0.25, 0.3) is 0 Å². The lowest BCUT2D eigenvalue weighted by atomic mass is 10.1. The fourth-order valence-corrected chi connectivity index (χ4v) is 2.71. The highest BCUT2D eigenvalue weighted by molar-refractivity contribution is 6.06. The van der Waals surface area contributed by atoms with Crippen LogP contribution in [0.3, 0.4) is 0 Å². The van der Waals surface area contributed by atoms with E-state index >= 15 is 0 Å². The first-order valence-electron chi connectivity index (χ1n) is 8.90. The summed E-state index contributed by atoms with van der Waals surface area (Å²) in [6.07, 6.45) is 0. The number of rotatable bonds is 5. The fourth-order valence-electron chi connectivity index (χ4n) is 2.71. The number of hydrogen-bond acceptors (Lipinski definition) is 2. The minimum atomic E-state index is -0.933. The van der Waals surface area contributed by atoms with Crippen molar-refractivity contribution in [3.05, 3.63) is 107 Å². The first-order chi connectivity index (χ1) is 13.5. The fraction of sp³-hybridized carbons (Fsp3) is 0.0870. The van der Waals surface area contributed by atoms with E-state index in [1.165, 1.54) is 0 Å². The molecule has 140 valence electrons. The minimum Gasteiger partial charge on any atom is -0.383 e. The topological polar surface area (TPSA) is 84.5 Å². The summed E-state index contributed by atoms with van der Waals surface area (Å²) in [4.78, 5) is 29.5. The maximum Gasteiger partial charge on any atom is 0.274 e. The molecule has 0 bridgehead atoms. The van der Waals surface area contributed by atoms with Crippen molar-refractivity contribution in [3.8, 4) is 0 Å². The Hall–Kier alpha value is -3.73. The van der Waals surface area contributed by atoms with Crippen molar-refractivity contribution in [2.45, 2.75) is 13.0 Å². The minimum absolute atomic E-state index is 0.108. The molecule has 0 aliphatic heterocycles. The van der Waals surface area contributed by atoms with E-state index < -0.39 is 11.9 Å². The number of hydrogen-bond donors (Lipinski definition) is 2. The maximum atomic E-state index is 12.9. The van der Waals surface area contributed by atoms with Gasteiger partial charge in [0.25, 0.3) is 11.8 Å². The predicted molar refractivity (Wildman–Crippen MR) is 110 cm³/mol. The lowest BCUT2D eigenvalue weighted by Crippen LogP contribution is -2.34. The number of amidine groups is 1. The lowest BCUT2D eigenvalue weighted by Gasteiger charge is -2.16. The molecule has 3 aromatic carbocycles. The highest BCUT2D eigenvalue weighted by Crippen LogP contribution is 2.16. The van der Waals surface area contributed by atoms with Gasteiger partial charge < -0.3 is 11.1 Å². The van der Waals surface area contributed by atoms with Crippen molar-refractivity contribution in [2.24, 2.45) is 10.7 Å². The Morgan fingerprint density at radius 3 is 2.00 bits per heavy atom. The van der Waals surface area contributed by atoms with Gasteiger partial charge in [-0.25, -0.2) is 0 Å². The average molecular weight is 371 g/mol. The van der Waals surface area contributed by atoms with E-state index in [9.17, 15) is 9.59 Å². The van der Waals surface area contributed by atoms with Crippen molar-refractivity contribution in [3.63, 3.8) is 0 Å². The summed E-state index contributed by atoms with van der Waals surface area (Å²) in [5.74, 6) is -0.778. The zero-order chi connectivity index (χ0) is 19.9. The second-order valence-corrected chi connectivity index (χ2v) is 6.38. The molecule has 0 fully saturated rings. The summed E-state index contributed by atoms with van der Waals surface area (Å²) >= 11 is 0. The molecule has 1 unspecified atom stereocenters. The van der Waals surface area contributed by atoms with Gasteiger partial charge in [-0.15, -0.1) is 0 Å². The van der Waals surface area contributed by atoms with Gasteiger partial charge in [0.05, 0.1) is 0 Å². The molecule has 0 saturated carbocycles. The van der Waals surface area contributed by atoms with Crippen LogP contribution in [-0.2, 0) is 4.79 Å². The molecule has 0 saturated heterocycles.